The lowest BCUT2D eigenvalue weighted by molar-refractivity contribution is 0.108. The standard InChI is InChI=1S/C16H17ClO2/c1-11-6-7-13(8-12(11)2)16(18)10-19-15-5-3-4-14(17)9-15/h3-9,16,18H,10H2,1-2H3. The van der Waals surface area contributed by atoms with Gasteiger partial charge in [-0.25, -0.2) is 0 Å². The Bertz CT molecular complexity index is 566. The van der Waals surface area contributed by atoms with Gasteiger partial charge in [-0.05, 0) is 48.7 Å². The number of aryl methyl sites for hydroxylation is 2. The van der Waals surface area contributed by atoms with Crippen LogP contribution in [-0.2, 0) is 0 Å². The minimum Gasteiger partial charge on any atom is -0.490 e. The third-order valence-electron chi connectivity index (χ3n) is 3.12. The van der Waals surface area contributed by atoms with E-state index in [-0.39, 0.29) is 6.61 Å². The topological polar surface area (TPSA) is 29.5 Å². The highest BCUT2D eigenvalue weighted by molar-refractivity contribution is 6.30. The molecule has 1 atom stereocenters. The van der Waals surface area contributed by atoms with Gasteiger partial charge in [-0.1, -0.05) is 35.9 Å². The Morgan fingerprint density at radius 1 is 1.11 bits per heavy atom. The smallest absolute Gasteiger partial charge is 0.120 e. The van der Waals surface area contributed by atoms with E-state index in [9.17, 15) is 5.11 Å². The molecule has 2 rings (SSSR count). The molecule has 0 aliphatic heterocycles. The molecule has 0 aliphatic carbocycles. The van der Waals surface area contributed by atoms with Crippen molar-refractivity contribution in [3.8, 4) is 5.75 Å². The van der Waals surface area contributed by atoms with Crippen LogP contribution in [0.25, 0.3) is 0 Å². The molecule has 0 spiro atoms. The van der Waals surface area contributed by atoms with Gasteiger partial charge in [-0.2, -0.15) is 0 Å². The number of ether oxygens (including phenoxy) is 1. The normalized spacial score (nSPS) is 12.2. The molecule has 0 fully saturated rings. The highest BCUT2D eigenvalue weighted by Gasteiger charge is 2.09. The summed E-state index contributed by atoms with van der Waals surface area (Å²) in [6, 6.07) is 13.1. The molecule has 0 bridgehead atoms. The van der Waals surface area contributed by atoms with Crippen molar-refractivity contribution in [3.05, 3.63) is 64.2 Å². The summed E-state index contributed by atoms with van der Waals surface area (Å²) in [4.78, 5) is 0. The van der Waals surface area contributed by atoms with Crippen molar-refractivity contribution in [1.29, 1.82) is 0 Å². The minimum atomic E-state index is -0.640. The predicted molar refractivity (Wildman–Crippen MR) is 77.8 cm³/mol. The molecule has 1 N–H and O–H groups in total. The van der Waals surface area contributed by atoms with E-state index in [1.54, 1.807) is 12.1 Å². The molecule has 1 unspecified atom stereocenters. The van der Waals surface area contributed by atoms with Gasteiger partial charge in [0.1, 0.15) is 18.5 Å². The average molecular weight is 277 g/mol. The van der Waals surface area contributed by atoms with Crippen LogP contribution in [0, 0.1) is 13.8 Å². The van der Waals surface area contributed by atoms with Gasteiger partial charge >= 0.3 is 0 Å². The first-order chi connectivity index (χ1) is 9.06. The molecule has 3 heteroatoms. The molecule has 0 aromatic heterocycles. The SMILES string of the molecule is Cc1ccc(C(O)COc2cccc(Cl)c2)cc1C. The molecule has 2 aromatic carbocycles. The maximum Gasteiger partial charge on any atom is 0.120 e. The van der Waals surface area contributed by atoms with Crippen LogP contribution in [0.5, 0.6) is 5.75 Å². The number of rotatable bonds is 4. The molecule has 0 saturated heterocycles. The molecular weight excluding hydrogens is 260 g/mol. The largest absolute Gasteiger partial charge is 0.490 e. The molecule has 19 heavy (non-hydrogen) atoms. The van der Waals surface area contributed by atoms with E-state index >= 15 is 0 Å². The zero-order chi connectivity index (χ0) is 13.8. The molecule has 2 aromatic rings. The maximum atomic E-state index is 10.1. The molecule has 0 aliphatic rings. The summed E-state index contributed by atoms with van der Waals surface area (Å²) >= 11 is 5.87. The highest BCUT2D eigenvalue weighted by Crippen LogP contribution is 2.21. The van der Waals surface area contributed by atoms with Gasteiger partial charge in [-0.3, -0.25) is 0 Å². The first-order valence-corrected chi connectivity index (χ1v) is 6.57. The number of hydrogen-bond donors (Lipinski definition) is 1. The van der Waals surface area contributed by atoms with E-state index in [0.29, 0.717) is 10.8 Å². The molecule has 0 heterocycles. The summed E-state index contributed by atoms with van der Waals surface area (Å²) in [5, 5.41) is 10.7. The van der Waals surface area contributed by atoms with E-state index in [0.717, 1.165) is 5.56 Å². The first-order valence-electron chi connectivity index (χ1n) is 6.20. The second kappa shape index (κ2) is 6.09. The van der Waals surface area contributed by atoms with Crippen LogP contribution >= 0.6 is 11.6 Å². The Labute approximate surface area is 118 Å². The van der Waals surface area contributed by atoms with Gasteiger partial charge in [0.15, 0.2) is 0 Å². The van der Waals surface area contributed by atoms with Gasteiger partial charge in [0, 0.05) is 5.02 Å². The Kier molecular flexibility index (Phi) is 4.46. The van der Waals surface area contributed by atoms with E-state index < -0.39 is 6.10 Å². The van der Waals surface area contributed by atoms with Gasteiger partial charge in [0.25, 0.3) is 0 Å². The molecule has 0 radical (unpaired) electrons. The van der Waals surface area contributed by atoms with E-state index in [2.05, 4.69) is 0 Å². The quantitative estimate of drug-likeness (QED) is 0.912. The van der Waals surface area contributed by atoms with Crippen molar-refractivity contribution >= 4 is 11.6 Å². The van der Waals surface area contributed by atoms with Crippen molar-refractivity contribution in [3.63, 3.8) is 0 Å². The van der Waals surface area contributed by atoms with E-state index in [1.165, 1.54) is 11.1 Å². The minimum absolute atomic E-state index is 0.211. The monoisotopic (exact) mass is 276 g/mol. The fraction of sp³-hybridized carbons (Fsp3) is 0.250. The van der Waals surface area contributed by atoms with Crippen LogP contribution in [-0.4, -0.2) is 11.7 Å². The van der Waals surface area contributed by atoms with Crippen molar-refractivity contribution in [2.24, 2.45) is 0 Å². The molecule has 100 valence electrons. The zero-order valence-corrected chi connectivity index (χ0v) is 11.8. The Morgan fingerprint density at radius 3 is 2.58 bits per heavy atom. The van der Waals surface area contributed by atoms with Gasteiger partial charge < -0.3 is 9.84 Å². The first kappa shape index (κ1) is 13.9. The van der Waals surface area contributed by atoms with Gasteiger partial charge in [-0.15, -0.1) is 0 Å². The summed E-state index contributed by atoms with van der Waals surface area (Å²) < 4.78 is 5.54. The second-order valence-corrected chi connectivity index (χ2v) is 5.06. The van der Waals surface area contributed by atoms with Crippen LogP contribution in [0.4, 0.5) is 0 Å². The fourth-order valence-electron chi connectivity index (χ4n) is 1.80. The summed E-state index contributed by atoms with van der Waals surface area (Å²) in [5.74, 6) is 0.662. The van der Waals surface area contributed by atoms with Crippen molar-refractivity contribution in [1.82, 2.24) is 0 Å². The summed E-state index contributed by atoms with van der Waals surface area (Å²) in [5.41, 5.74) is 3.25. The van der Waals surface area contributed by atoms with Gasteiger partial charge in [0.2, 0.25) is 0 Å². The number of aliphatic hydroxyl groups excluding tert-OH is 1. The number of aliphatic hydroxyl groups is 1. The highest BCUT2D eigenvalue weighted by atomic mass is 35.5. The Hall–Kier alpha value is -1.51. The van der Waals surface area contributed by atoms with Gasteiger partial charge in [0.05, 0.1) is 0 Å². The summed E-state index contributed by atoms with van der Waals surface area (Å²) in [7, 11) is 0. The third kappa shape index (κ3) is 3.72. The van der Waals surface area contributed by atoms with E-state index in [1.807, 2.05) is 44.2 Å². The third-order valence-corrected chi connectivity index (χ3v) is 3.35. The number of hydrogen-bond acceptors (Lipinski definition) is 2. The molecule has 2 nitrogen and oxygen atoms in total. The second-order valence-electron chi connectivity index (χ2n) is 4.63. The summed E-state index contributed by atoms with van der Waals surface area (Å²) in [6.45, 7) is 4.29. The summed E-state index contributed by atoms with van der Waals surface area (Å²) in [6.07, 6.45) is -0.640. The lowest BCUT2D eigenvalue weighted by atomic mass is 10.0. The average Bonchev–Trinajstić information content (AvgIpc) is 2.39. The van der Waals surface area contributed by atoms with Crippen LogP contribution in [0.1, 0.15) is 22.8 Å². The van der Waals surface area contributed by atoms with Crippen LogP contribution in [0.2, 0.25) is 5.02 Å². The molecule has 0 saturated carbocycles. The molecular formula is C16H17ClO2. The van der Waals surface area contributed by atoms with Crippen LogP contribution < -0.4 is 4.74 Å². The van der Waals surface area contributed by atoms with Crippen molar-refractivity contribution in [2.45, 2.75) is 20.0 Å². The Morgan fingerprint density at radius 2 is 1.89 bits per heavy atom. The lowest BCUT2D eigenvalue weighted by Crippen LogP contribution is -2.10. The number of halogens is 1. The van der Waals surface area contributed by atoms with Crippen LogP contribution in [0.3, 0.4) is 0 Å². The zero-order valence-electron chi connectivity index (χ0n) is 11.1. The predicted octanol–water partition coefficient (Wildman–Crippen LogP) is 4.07. The number of benzene rings is 2. The van der Waals surface area contributed by atoms with Crippen molar-refractivity contribution in [2.75, 3.05) is 6.61 Å². The lowest BCUT2D eigenvalue weighted by Gasteiger charge is -2.14. The molecule has 0 amide bonds. The van der Waals surface area contributed by atoms with E-state index in [4.69, 9.17) is 16.3 Å². The Balaban J connectivity index is 2.01. The maximum absolute atomic E-state index is 10.1. The van der Waals surface area contributed by atoms with Crippen LogP contribution in [0.15, 0.2) is 42.5 Å². The fourth-order valence-corrected chi connectivity index (χ4v) is 1.98. The van der Waals surface area contributed by atoms with Crippen molar-refractivity contribution < 1.29 is 9.84 Å².